The van der Waals surface area contributed by atoms with Crippen molar-refractivity contribution in [2.24, 2.45) is 5.73 Å². The third kappa shape index (κ3) is 3.96. The highest BCUT2D eigenvalue weighted by Crippen LogP contribution is 2.32. The van der Waals surface area contributed by atoms with Gasteiger partial charge >= 0.3 is 0 Å². The molecule has 0 aliphatic carbocycles. The molecule has 0 amide bonds. The van der Waals surface area contributed by atoms with E-state index in [9.17, 15) is 4.39 Å². The Labute approximate surface area is 141 Å². The average Bonchev–Trinajstić information content (AvgIpc) is 2.43. The van der Waals surface area contributed by atoms with Gasteiger partial charge in [0.05, 0.1) is 5.69 Å². The van der Waals surface area contributed by atoms with Crippen LogP contribution >= 0.6 is 39.9 Å². The Hall–Kier alpha value is -1.11. The van der Waals surface area contributed by atoms with Crippen LogP contribution in [0.15, 0.2) is 45.8 Å². The molecule has 0 unspecified atom stereocenters. The average molecular weight is 385 g/mol. The summed E-state index contributed by atoms with van der Waals surface area (Å²) >= 11 is 10.1. The lowest BCUT2D eigenvalue weighted by Crippen LogP contribution is -2.13. The maximum atomic E-state index is 13.9. The molecule has 0 bridgehead atoms. The second kappa shape index (κ2) is 7.24. The second-order valence-corrected chi connectivity index (χ2v) is 6.89. The van der Waals surface area contributed by atoms with Crippen LogP contribution in [-0.4, -0.2) is 10.7 Å². The van der Waals surface area contributed by atoms with E-state index in [-0.39, 0.29) is 5.82 Å². The maximum Gasteiger partial charge on any atom is 0.146 e. The summed E-state index contributed by atoms with van der Waals surface area (Å²) in [4.78, 5) is 1.29. The molecule has 0 radical (unpaired) electrons. The van der Waals surface area contributed by atoms with Gasteiger partial charge in [-0.2, -0.15) is 0 Å². The van der Waals surface area contributed by atoms with E-state index in [1.165, 1.54) is 6.07 Å². The molecule has 2 nitrogen and oxygen atoms in total. The zero-order valence-corrected chi connectivity index (χ0v) is 14.5. The first-order chi connectivity index (χ1) is 10.0. The first-order valence-electron chi connectivity index (χ1n) is 6.30. The predicted octanol–water partition coefficient (Wildman–Crippen LogP) is 5.08. The smallest absolute Gasteiger partial charge is 0.146 e. The maximum absolute atomic E-state index is 13.9. The first-order valence-corrected chi connectivity index (χ1v) is 8.49. The van der Waals surface area contributed by atoms with E-state index in [0.717, 1.165) is 20.7 Å². The van der Waals surface area contributed by atoms with E-state index in [0.29, 0.717) is 16.4 Å². The summed E-state index contributed by atoms with van der Waals surface area (Å²) in [7, 11) is 0. The molecule has 2 aromatic rings. The summed E-state index contributed by atoms with van der Waals surface area (Å²) in [6.07, 6.45) is 0. The van der Waals surface area contributed by atoms with Crippen molar-refractivity contribution in [2.45, 2.75) is 11.8 Å². The van der Waals surface area contributed by atoms with Crippen molar-refractivity contribution in [1.29, 1.82) is 0 Å². The number of hydrogen-bond donors (Lipinski definition) is 2. The van der Waals surface area contributed by atoms with Crippen LogP contribution in [0.3, 0.4) is 0 Å². The van der Waals surface area contributed by atoms with Gasteiger partial charge in [-0.05, 0) is 36.1 Å². The summed E-state index contributed by atoms with van der Waals surface area (Å²) < 4.78 is 14.7. The fourth-order valence-electron chi connectivity index (χ4n) is 1.90. The minimum absolute atomic E-state index is 0.296. The molecule has 0 aliphatic rings. The Morgan fingerprint density at radius 2 is 2.10 bits per heavy atom. The van der Waals surface area contributed by atoms with E-state index in [1.807, 2.05) is 18.2 Å². The van der Waals surface area contributed by atoms with Crippen LogP contribution in [-0.2, 0) is 0 Å². The Bertz CT molecular complexity index is 677. The zero-order valence-electron chi connectivity index (χ0n) is 11.3. The van der Waals surface area contributed by atoms with Crippen molar-refractivity contribution < 1.29 is 4.39 Å². The first kappa shape index (κ1) is 16.3. The molecule has 2 aromatic carbocycles. The number of benzene rings is 2. The monoisotopic (exact) mass is 384 g/mol. The summed E-state index contributed by atoms with van der Waals surface area (Å²) in [5.74, 6) is 0.574. The van der Waals surface area contributed by atoms with Gasteiger partial charge < -0.3 is 11.1 Å². The predicted molar refractivity (Wildman–Crippen MR) is 96.1 cm³/mol. The second-order valence-electron chi connectivity index (χ2n) is 4.23. The summed E-state index contributed by atoms with van der Waals surface area (Å²) in [6, 6.07) is 10.4. The Kier molecular flexibility index (Phi) is 5.61. The lowest BCUT2D eigenvalue weighted by atomic mass is 10.1. The Morgan fingerprint density at radius 1 is 1.33 bits per heavy atom. The normalized spacial score (nSPS) is 10.4. The third-order valence-corrected chi connectivity index (χ3v) is 4.41. The van der Waals surface area contributed by atoms with E-state index in [1.54, 1.807) is 23.9 Å². The standard InChI is InChI=1S/C15H14BrFN2S2/c1-2-21-13-5-3-4-11(14(13)15(18)20)19-12-8-9(16)6-7-10(12)17/h3-8,19H,2H2,1H3,(H2,18,20). The minimum Gasteiger partial charge on any atom is -0.389 e. The van der Waals surface area contributed by atoms with Crippen LogP contribution in [0, 0.1) is 5.82 Å². The van der Waals surface area contributed by atoms with Crippen molar-refractivity contribution in [2.75, 3.05) is 11.1 Å². The van der Waals surface area contributed by atoms with Gasteiger partial charge in [-0.15, -0.1) is 11.8 Å². The van der Waals surface area contributed by atoms with E-state index in [2.05, 4.69) is 28.2 Å². The van der Waals surface area contributed by atoms with Gasteiger partial charge in [-0.25, -0.2) is 4.39 Å². The molecule has 6 heteroatoms. The topological polar surface area (TPSA) is 38.0 Å². The van der Waals surface area contributed by atoms with Gasteiger partial charge in [-0.1, -0.05) is 41.1 Å². The highest BCUT2D eigenvalue weighted by atomic mass is 79.9. The van der Waals surface area contributed by atoms with Crippen molar-refractivity contribution in [3.05, 3.63) is 52.3 Å². The van der Waals surface area contributed by atoms with Crippen LogP contribution in [0.4, 0.5) is 15.8 Å². The fraction of sp³-hybridized carbons (Fsp3) is 0.133. The van der Waals surface area contributed by atoms with Gasteiger partial charge in [0, 0.05) is 20.6 Å². The summed E-state index contributed by atoms with van der Waals surface area (Å²) in [5, 5.41) is 3.08. The molecule has 21 heavy (non-hydrogen) atoms. The highest BCUT2D eigenvalue weighted by Gasteiger charge is 2.13. The number of halogens is 2. The van der Waals surface area contributed by atoms with E-state index in [4.69, 9.17) is 18.0 Å². The number of nitrogens with one attached hydrogen (secondary N) is 1. The zero-order chi connectivity index (χ0) is 15.4. The number of nitrogens with two attached hydrogens (primary N) is 1. The molecule has 0 spiro atoms. The lowest BCUT2D eigenvalue weighted by molar-refractivity contribution is 0.631. The Morgan fingerprint density at radius 3 is 2.76 bits per heavy atom. The van der Waals surface area contributed by atoms with Crippen molar-refractivity contribution >= 4 is 56.3 Å². The van der Waals surface area contributed by atoms with E-state index < -0.39 is 0 Å². The van der Waals surface area contributed by atoms with Gasteiger partial charge in [0.25, 0.3) is 0 Å². The number of thioether (sulfide) groups is 1. The van der Waals surface area contributed by atoms with Crippen molar-refractivity contribution in [3.8, 4) is 0 Å². The van der Waals surface area contributed by atoms with Gasteiger partial charge in [-0.3, -0.25) is 0 Å². The van der Waals surface area contributed by atoms with Crippen LogP contribution in [0.5, 0.6) is 0 Å². The van der Waals surface area contributed by atoms with Gasteiger partial charge in [0.15, 0.2) is 0 Å². The molecule has 3 N–H and O–H groups in total. The van der Waals surface area contributed by atoms with Crippen LogP contribution < -0.4 is 11.1 Å². The summed E-state index contributed by atoms with van der Waals surface area (Å²) in [5.41, 5.74) is 7.67. The van der Waals surface area contributed by atoms with Crippen LogP contribution in [0.1, 0.15) is 12.5 Å². The molecule has 0 heterocycles. The molecular weight excluding hydrogens is 371 g/mol. The van der Waals surface area contributed by atoms with Crippen molar-refractivity contribution in [3.63, 3.8) is 0 Å². The fourth-order valence-corrected chi connectivity index (χ4v) is 3.40. The molecule has 110 valence electrons. The summed E-state index contributed by atoms with van der Waals surface area (Å²) in [6.45, 7) is 2.06. The highest BCUT2D eigenvalue weighted by molar-refractivity contribution is 9.10. The molecule has 0 saturated carbocycles. The van der Waals surface area contributed by atoms with Crippen molar-refractivity contribution in [1.82, 2.24) is 0 Å². The van der Waals surface area contributed by atoms with E-state index >= 15 is 0 Å². The molecule has 2 rings (SSSR count). The molecule has 0 atom stereocenters. The van der Waals surface area contributed by atoms with Gasteiger partial charge in [0.2, 0.25) is 0 Å². The number of anilines is 2. The van der Waals surface area contributed by atoms with Gasteiger partial charge in [0.1, 0.15) is 10.8 Å². The SMILES string of the molecule is CCSc1cccc(Nc2cc(Br)ccc2F)c1C(N)=S. The lowest BCUT2D eigenvalue weighted by Gasteiger charge is -2.15. The number of thiocarbonyl (C=S) groups is 1. The Balaban J connectivity index is 2.46. The number of hydrogen-bond acceptors (Lipinski definition) is 3. The third-order valence-electron chi connectivity index (χ3n) is 2.77. The van der Waals surface area contributed by atoms with Crippen LogP contribution in [0.2, 0.25) is 0 Å². The quantitative estimate of drug-likeness (QED) is 0.556. The minimum atomic E-state index is -0.333. The van der Waals surface area contributed by atoms with Crippen LogP contribution in [0.25, 0.3) is 0 Å². The molecule has 0 aliphatic heterocycles. The molecular formula is C15H14BrFN2S2. The molecule has 0 aromatic heterocycles. The largest absolute Gasteiger partial charge is 0.389 e. The number of rotatable bonds is 5. The molecule has 0 fully saturated rings. The molecule has 0 saturated heterocycles.